The molecular formula is C17H16ClN7S. The second-order valence-corrected chi connectivity index (χ2v) is 7.88. The molecule has 2 atom stereocenters. The van der Waals surface area contributed by atoms with Gasteiger partial charge in [-0.25, -0.2) is 19.9 Å². The maximum atomic E-state index is 6.21. The maximum Gasteiger partial charge on any atom is 0.179 e. The lowest BCUT2D eigenvalue weighted by molar-refractivity contribution is 0.260. The molecule has 0 spiro atoms. The molecule has 0 saturated carbocycles. The molecule has 2 aliphatic rings. The summed E-state index contributed by atoms with van der Waals surface area (Å²) in [6.45, 7) is 2.03. The summed E-state index contributed by atoms with van der Waals surface area (Å²) in [7, 11) is 0. The second-order valence-electron chi connectivity index (χ2n) is 6.44. The molecule has 3 aromatic rings. The molecule has 2 aliphatic heterocycles. The van der Waals surface area contributed by atoms with Crippen molar-refractivity contribution in [2.24, 2.45) is 0 Å². The number of aromatic nitrogens is 4. The van der Waals surface area contributed by atoms with Gasteiger partial charge in [-0.3, -0.25) is 0 Å². The van der Waals surface area contributed by atoms with Gasteiger partial charge in [-0.2, -0.15) is 0 Å². The fraction of sp³-hybridized carbons (Fsp3) is 0.294. The van der Waals surface area contributed by atoms with Gasteiger partial charge < -0.3 is 16.0 Å². The molecule has 26 heavy (non-hydrogen) atoms. The number of piperazine rings is 1. The Morgan fingerprint density at radius 1 is 1.15 bits per heavy atom. The number of pyridine rings is 2. The summed E-state index contributed by atoms with van der Waals surface area (Å²) in [4.78, 5) is 21.1. The van der Waals surface area contributed by atoms with Crippen LogP contribution in [0.25, 0.3) is 11.2 Å². The van der Waals surface area contributed by atoms with Crippen molar-refractivity contribution in [1.29, 1.82) is 0 Å². The van der Waals surface area contributed by atoms with Crippen molar-refractivity contribution in [1.82, 2.24) is 25.3 Å². The lowest BCUT2D eigenvalue weighted by atomic mass is 9.89. The first-order valence-electron chi connectivity index (χ1n) is 8.40. The van der Waals surface area contributed by atoms with Crippen molar-refractivity contribution in [3.63, 3.8) is 0 Å². The average Bonchev–Trinajstić information content (AvgIpc) is 2.66. The number of nitrogen functional groups attached to an aromatic ring is 1. The average molecular weight is 386 g/mol. The fourth-order valence-corrected chi connectivity index (χ4v) is 4.59. The maximum absolute atomic E-state index is 6.21. The van der Waals surface area contributed by atoms with Crippen LogP contribution in [0.5, 0.6) is 0 Å². The highest BCUT2D eigenvalue weighted by Crippen LogP contribution is 2.36. The molecule has 0 amide bonds. The van der Waals surface area contributed by atoms with Crippen molar-refractivity contribution >= 4 is 46.2 Å². The van der Waals surface area contributed by atoms with E-state index >= 15 is 0 Å². The number of rotatable bonds is 3. The van der Waals surface area contributed by atoms with Crippen molar-refractivity contribution in [2.75, 3.05) is 23.7 Å². The third-order valence-electron chi connectivity index (χ3n) is 4.82. The van der Waals surface area contributed by atoms with Crippen molar-refractivity contribution < 1.29 is 0 Å². The van der Waals surface area contributed by atoms with Crippen LogP contribution < -0.4 is 16.0 Å². The molecule has 0 aromatic carbocycles. The monoisotopic (exact) mass is 385 g/mol. The SMILES string of the molecule is Nc1nccc(Sc2ccc3nc(N4C5CNCC4C5)cnc3n2)c1Cl. The Kier molecular flexibility index (Phi) is 3.84. The first kappa shape index (κ1) is 16.0. The van der Waals surface area contributed by atoms with Gasteiger partial charge in [0.05, 0.1) is 11.2 Å². The molecule has 2 saturated heterocycles. The standard InChI is InChI=1S/C17H16ClN7S/c18-15-12(3-4-21-16(15)19)26-14-2-1-11-17(24-14)22-8-13(23-11)25-9-5-10(25)7-20-6-9/h1-4,8-10,20H,5-7H2,(H2,19,21). The molecule has 0 aliphatic carbocycles. The topological polar surface area (TPSA) is 92.8 Å². The highest BCUT2D eigenvalue weighted by molar-refractivity contribution is 7.99. The van der Waals surface area contributed by atoms with E-state index in [0.717, 1.165) is 34.3 Å². The van der Waals surface area contributed by atoms with Gasteiger partial charge in [0.1, 0.15) is 22.2 Å². The molecule has 9 heteroatoms. The fourth-order valence-electron chi connectivity index (χ4n) is 3.55. The number of nitrogens with one attached hydrogen (secondary N) is 1. The smallest absolute Gasteiger partial charge is 0.179 e. The number of nitrogens with zero attached hydrogens (tertiary/aromatic N) is 5. The normalized spacial score (nSPS) is 21.7. The summed E-state index contributed by atoms with van der Waals surface area (Å²) >= 11 is 7.64. The van der Waals surface area contributed by atoms with Crippen LogP contribution in [0.3, 0.4) is 0 Å². The number of hydrogen-bond donors (Lipinski definition) is 2. The first-order chi connectivity index (χ1) is 12.7. The summed E-state index contributed by atoms with van der Waals surface area (Å²) < 4.78 is 0. The Balaban J connectivity index is 1.43. The van der Waals surface area contributed by atoms with Gasteiger partial charge in [0.25, 0.3) is 0 Å². The Bertz CT molecular complexity index is 984. The molecule has 5 heterocycles. The first-order valence-corrected chi connectivity index (χ1v) is 9.59. The Morgan fingerprint density at radius 3 is 2.81 bits per heavy atom. The third-order valence-corrected chi connectivity index (χ3v) is 6.32. The molecule has 2 unspecified atom stereocenters. The van der Waals surface area contributed by atoms with Crippen LogP contribution in [0.1, 0.15) is 6.42 Å². The van der Waals surface area contributed by atoms with Gasteiger partial charge in [0.2, 0.25) is 0 Å². The highest BCUT2D eigenvalue weighted by atomic mass is 35.5. The summed E-state index contributed by atoms with van der Waals surface area (Å²) in [5, 5.41) is 4.66. The summed E-state index contributed by atoms with van der Waals surface area (Å²) in [5.41, 5.74) is 7.18. The predicted molar refractivity (Wildman–Crippen MR) is 103 cm³/mol. The molecule has 5 rings (SSSR count). The minimum absolute atomic E-state index is 0.316. The van der Waals surface area contributed by atoms with E-state index in [1.165, 1.54) is 18.2 Å². The summed E-state index contributed by atoms with van der Waals surface area (Å²) in [6.07, 6.45) is 4.69. The van der Waals surface area contributed by atoms with Crippen LogP contribution in [-0.4, -0.2) is 45.1 Å². The predicted octanol–water partition coefficient (Wildman–Crippen LogP) is 2.36. The van der Waals surface area contributed by atoms with Crippen LogP contribution >= 0.6 is 23.4 Å². The Morgan fingerprint density at radius 2 is 2.00 bits per heavy atom. The van der Waals surface area contributed by atoms with Gasteiger partial charge in [0.15, 0.2) is 5.65 Å². The minimum atomic E-state index is 0.316. The molecule has 3 aromatic heterocycles. The van der Waals surface area contributed by atoms with E-state index in [4.69, 9.17) is 22.3 Å². The third kappa shape index (κ3) is 2.65. The van der Waals surface area contributed by atoms with E-state index in [9.17, 15) is 0 Å². The second kappa shape index (κ2) is 6.22. The molecule has 0 radical (unpaired) electrons. The van der Waals surface area contributed by atoms with E-state index in [0.29, 0.717) is 28.6 Å². The molecule has 7 nitrogen and oxygen atoms in total. The van der Waals surface area contributed by atoms with E-state index in [1.54, 1.807) is 6.20 Å². The number of anilines is 2. The molecule has 132 valence electrons. The molecular weight excluding hydrogens is 370 g/mol. The number of fused-ring (bicyclic) bond motifs is 3. The van der Waals surface area contributed by atoms with Gasteiger partial charge in [-0.1, -0.05) is 23.4 Å². The lowest BCUT2D eigenvalue weighted by Crippen LogP contribution is -2.68. The van der Waals surface area contributed by atoms with Crippen molar-refractivity contribution in [2.45, 2.75) is 28.4 Å². The molecule has 2 bridgehead atoms. The lowest BCUT2D eigenvalue weighted by Gasteiger charge is -2.53. The minimum Gasteiger partial charge on any atom is -0.382 e. The zero-order valence-electron chi connectivity index (χ0n) is 13.8. The van der Waals surface area contributed by atoms with Gasteiger partial charge in [-0.05, 0) is 24.6 Å². The van der Waals surface area contributed by atoms with Crippen LogP contribution in [0.4, 0.5) is 11.6 Å². The largest absolute Gasteiger partial charge is 0.382 e. The molecule has 2 fully saturated rings. The summed E-state index contributed by atoms with van der Waals surface area (Å²) in [5.74, 6) is 1.25. The van der Waals surface area contributed by atoms with Crippen LogP contribution in [0.15, 0.2) is 40.5 Å². The van der Waals surface area contributed by atoms with E-state index in [1.807, 2.05) is 24.4 Å². The van der Waals surface area contributed by atoms with Crippen LogP contribution in [-0.2, 0) is 0 Å². The quantitative estimate of drug-likeness (QED) is 0.709. The van der Waals surface area contributed by atoms with Crippen molar-refractivity contribution in [3.05, 3.63) is 35.6 Å². The van der Waals surface area contributed by atoms with Gasteiger partial charge in [0, 0.05) is 36.3 Å². The van der Waals surface area contributed by atoms with E-state index in [2.05, 4.69) is 25.2 Å². The van der Waals surface area contributed by atoms with Crippen molar-refractivity contribution in [3.8, 4) is 0 Å². The van der Waals surface area contributed by atoms with Gasteiger partial charge in [-0.15, -0.1) is 0 Å². The van der Waals surface area contributed by atoms with Gasteiger partial charge >= 0.3 is 0 Å². The van der Waals surface area contributed by atoms with E-state index < -0.39 is 0 Å². The Labute approximate surface area is 159 Å². The number of piperidine rings is 1. The number of halogens is 1. The zero-order valence-corrected chi connectivity index (χ0v) is 15.3. The zero-order chi connectivity index (χ0) is 17.7. The molecule has 3 N–H and O–H groups in total. The number of nitrogens with two attached hydrogens (primary N) is 1. The number of hydrogen-bond acceptors (Lipinski definition) is 8. The van der Waals surface area contributed by atoms with E-state index in [-0.39, 0.29) is 0 Å². The van der Waals surface area contributed by atoms with Crippen LogP contribution in [0, 0.1) is 0 Å². The summed E-state index contributed by atoms with van der Waals surface area (Å²) in [6, 6.07) is 6.76. The van der Waals surface area contributed by atoms with Crippen LogP contribution in [0.2, 0.25) is 5.02 Å². The highest BCUT2D eigenvalue weighted by Gasteiger charge is 2.42. The Hall–Kier alpha value is -2.16.